The third-order valence-electron chi connectivity index (χ3n) is 4.85. The van der Waals surface area contributed by atoms with Gasteiger partial charge in [-0.15, -0.1) is 0 Å². The number of methoxy groups -OCH3 is 1. The van der Waals surface area contributed by atoms with E-state index in [4.69, 9.17) is 21.3 Å². The van der Waals surface area contributed by atoms with E-state index in [9.17, 15) is 4.79 Å². The fourth-order valence-electron chi connectivity index (χ4n) is 3.36. The minimum atomic E-state index is -0.146. The summed E-state index contributed by atoms with van der Waals surface area (Å²) in [4.78, 5) is 17.4. The van der Waals surface area contributed by atoms with Crippen molar-refractivity contribution < 1.29 is 9.53 Å². The summed E-state index contributed by atoms with van der Waals surface area (Å²) in [6.45, 7) is 0.788. The number of carbonyl (C=O) groups excluding carboxylic acids is 1. The highest BCUT2D eigenvalue weighted by atomic mass is 35.5. The Morgan fingerprint density at radius 3 is 2.68 bits per heavy atom. The van der Waals surface area contributed by atoms with Gasteiger partial charge in [-0.2, -0.15) is 0 Å². The summed E-state index contributed by atoms with van der Waals surface area (Å²) in [5.41, 5.74) is 3.81. The number of anilines is 1. The largest absolute Gasteiger partial charge is 0.495 e. The Morgan fingerprint density at radius 1 is 1.10 bits per heavy atom. The lowest BCUT2D eigenvalue weighted by molar-refractivity contribution is -0.113. The van der Waals surface area contributed by atoms with Gasteiger partial charge in [-0.05, 0) is 42.3 Å². The Labute approximate surface area is 190 Å². The maximum absolute atomic E-state index is 12.6. The summed E-state index contributed by atoms with van der Waals surface area (Å²) < 4.78 is 7.48. The lowest BCUT2D eigenvalue weighted by Gasteiger charge is -2.11. The standard InChI is InChI=1S/C24H22ClN3O2S/c1-30-22-12-11-18(25)15-20(22)26-23(29)16-31-24-27-19-9-5-6-10-21(19)28(24)14-13-17-7-3-2-4-8-17/h2-12,15H,13-14,16H2,1H3,(H,26,29). The van der Waals surface area contributed by atoms with Gasteiger partial charge in [0.25, 0.3) is 0 Å². The molecule has 0 bridgehead atoms. The van der Waals surface area contributed by atoms with E-state index in [-0.39, 0.29) is 11.7 Å². The van der Waals surface area contributed by atoms with Crippen LogP contribution in [0.3, 0.4) is 0 Å². The molecule has 1 heterocycles. The predicted octanol–water partition coefficient (Wildman–Crippen LogP) is 5.67. The molecule has 0 spiro atoms. The number of amides is 1. The Hall–Kier alpha value is -2.96. The number of halogens is 1. The van der Waals surface area contributed by atoms with Crippen LogP contribution in [0.25, 0.3) is 11.0 Å². The average molecular weight is 452 g/mol. The number of hydrogen-bond acceptors (Lipinski definition) is 4. The Morgan fingerprint density at radius 2 is 1.87 bits per heavy atom. The Kier molecular flexibility index (Phi) is 6.79. The number of para-hydroxylation sites is 2. The van der Waals surface area contributed by atoms with Crippen molar-refractivity contribution in [2.75, 3.05) is 18.2 Å². The van der Waals surface area contributed by atoms with E-state index in [1.165, 1.54) is 17.3 Å². The third kappa shape index (κ3) is 5.21. The van der Waals surface area contributed by atoms with E-state index in [0.29, 0.717) is 16.5 Å². The molecule has 0 atom stereocenters. The van der Waals surface area contributed by atoms with Crippen molar-refractivity contribution in [3.8, 4) is 5.75 Å². The fourth-order valence-corrected chi connectivity index (χ4v) is 4.37. The van der Waals surface area contributed by atoms with E-state index >= 15 is 0 Å². The summed E-state index contributed by atoms with van der Waals surface area (Å²) in [6, 6.07) is 23.5. The summed E-state index contributed by atoms with van der Waals surface area (Å²) >= 11 is 7.47. The molecule has 0 aliphatic carbocycles. The van der Waals surface area contributed by atoms with Crippen LogP contribution in [0.15, 0.2) is 78.0 Å². The summed E-state index contributed by atoms with van der Waals surface area (Å²) in [6.07, 6.45) is 0.890. The monoisotopic (exact) mass is 451 g/mol. The molecule has 0 aliphatic rings. The third-order valence-corrected chi connectivity index (χ3v) is 6.07. The highest BCUT2D eigenvalue weighted by Crippen LogP contribution is 2.29. The van der Waals surface area contributed by atoms with Crippen molar-refractivity contribution >= 4 is 46.0 Å². The molecule has 1 amide bonds. The number of imidazole rings is 1. The first-order valence-corrected chi connectivity index (χ1v) is 11.3. The number of carbonyl (C=O) groups is 1. The van der Waals surface area contributed by atoms with Gasteiger partial charge in [0.1, 0.15) is 5.75 Å². The van der Waals surface area contributed by atoms with Gasteiger partial charge in [-0.3, -0.25) is 4.79 Å². The van der Waals surface area contributed by atoms with Gasteiger partial charge in [-0.1, -0.05) is 65.8 Å². The quantitative estimate of drug-likeness (QED) is 0.350. The molecule has 1 N–H and O–H groups in total. The molecule has 0 saturated carbocycles. The number of thioether (sulfide) groups is 1. The molecule has 158 valence electrons. The van der Waals surface area contributed by atoms with Crippen LogP contribution in [0.4, 0.5) is 5.69 Å². The minimum Gasteiger partial charge on any atom is -0.495 e. The number of fused-ring (bicyclic) bond motifs is 1. The van der Waals surface area contributed by atoms with E-state index in [1.807, 2.05) is 36.4 Å². The molecule has 31 heavy (non-hydrogen) atoms. The van der Waals surface area contributed by atoms with Gasteiger partial charge < -0.3 is 14.6 Å². The van der Waals surface area contributed by atoms with E-state index in [1.54, 1.807) is 25.3 Å². The molecule has 1 aromatic heterocycles. The van der Waals surface area contributed by atoms with Crippen LogP contribution >= 0.6 is 23.4 Å². The average Bonchev–Trinajstić information content (AvgIpc) is 3.14. The zero-order chi connectivity index (χ0) is 21.6. The number of ether oxygens (including phenoxy) is 1. The normalized spacial score (nSPS) is 10.9. The zero-order valence-corrected chi connectivity index (χ0v) is 18.6. The van der Waals surface area contributed by atoms with E-state index in [0.717, 1.165) is 29.2 Å². The highest BCUT2D eigenvalue weighted by molar-refractivity contribution is 7.99. The van der Waals surface area contributed by atoms with Gasteiger partial charge in [0.05, 0.1) is 29.6 Å². The number of nitrogens with zero attached hydrogens (tertiary/aromatic N) is 2. The predicted molar refractivity (Wildman–Crippen MR) is 127 cm³/mol. The molecule has 5 nitrogen and oxygen atoms in total. The van der Waals surface area contributed by atoms with Crippen molar-refractivity contribution in [3.63, 3.8) is 0 Å². The van der Waals surface area contributed by atoms with Crippen LogP contribution < -0.4 is 10.1 Å². The van der Waals surface area contributed by atoms with E-state index in [2.05, 4.69) is 28.1 Å². The summed E-state index contributed by atoms with van der Waals surface area (Å²) in [7, 11) is 1.56. The second kappa shape index (κ2) is 9.90. The van der Waals surface area contributed by atoms with Gasteiger partial charge in [0, 0.05) is 11.6 Å². The van der Waals surface area contributed by atoms with Crippen LogP contribution in [-0.4, -0.2) is 28.3 Å². The number of benzene rings is 3. The number of rotatable bonds is 8. The molecule has 0 radical (unpaired) electrons. The molecule has 3 aromatic carbocycles. The van der Waals surface area contributed by atoms with Crippen LogP contribution in [0, 0.1) is 0 Å². The maximum Gasteiger partial charge on any atom is 0.234 e. The molecular formula is C24H22ClN3O2S. The lowest BCUT2D eigenvalue weighted by Crippen LogP contribution is -2.15. The van der Waals surface area contributed by atoms with Crippen molar-refractivity contribution in [2.45, 2.75) is 18.1 Å². The summed E-state index contributed by atoms with van der Waals surface area (Å²) in [5, 5.41) is 4.24. The molecule has 4 rings (SSSR count). The van der Waals surface area contributed by atoms with Gasteiger partial charge in [0.15, 0.2) is 5.16 Å². The molecule has 4 aromatic rings. The Bertz CT molecular complexity index is 1190. The first-order chi connectivity index (χ1) is 15.1. The molecule has 0 unspecified atom stereocenters. The topological polar surface area (TPSA) is 56.1 Å². The smallest absolute Gasteiger partial charge is 0.234 e. The van der Waals surface area contributed by atoms with Crippen molar-refractivity contribution in [1.82, 2.24) is 9.55 Å². The van der Waals surface area contributed by atoms with Gasteiger partial charge >= 0.3 is 0 Å². The maximum atomic E-state index is 12.6. The number of hydrogen-bond donors (Lipinski definition) is 1. The van der Waals surface area contributed by atoms with Gasteiger partial charge in [0.2, 0.25) is 5.91 Å². The summed E-state index contributed by atoms with van der Waals surface area (Å²) in [5.74, 6) is 0.648. The van der Waals surface area contributed by atoms with Crippen LogP contribution in [0.1, 0.15) is 5.56 Å². The van der Waals surface area contributed by atoms with Crippen LogP contribution in [0.5, 0.6) is 5.75 Å². The number of aromatic nitrogens is 2. The van der Waals surface area contributed by atoms with Crippen molar-refractivity contribution in [1.29, 1.82) is 0 Å². The SMILES string of the molecule is COc1ccc(Cl)cc1NC(=O)CSc1nc2ccccc2n1CCc1ccccc1. The molecule has 0 saturated heterocycles. The van der Waals surface area contributed by atoms with Crippen LogP contribution in [-0.2, 0) is 17.8 Å². The highest BCUT2D eigenvalue weighted by Gasteiger charge is 2.14. The first-order valence-electron chi connectivity index (χ1n) is 9.89. The first kappa shape index (κ1) is 21.3. The molecule has 7 heteroatoms. The zero-order valence-electron chi connectivity index (χ0n) is 17.0. The van der Waals surface area contributed by atoms with E-state index < -0.39 is 0 Å². The number of aryl methyl sites for hydroxylation is 2. The second-order valence-corrected chi connectivity index (χ2v) is 8.33. The molecule has 0 aliphatic heterocycles. The fraction of sp³-hybridized carbons (Fsp3) is 0.167. The lowest BCUT2D eigenvalue weighted by atomic mass is 10.1. The molecular weight excluding hydrogens is 430 g/mol. The minimum absolute atomic E-state index is 0.146. The van der Waals surface area contributed by atoms with Crippen molar-refractivity contribution in [2.24, 2.45) is 0 Å². The number of nitrogens with one attached hydrogen (secondary N) is 1. The van der Waals surface area contributed by atoms with Gasteiger partial charge in [-0.25, -0.2) is 4.98 Å². The van der Waals surface area contributed by atoms with Crippen molar-refractivity contribution in [3.05, 3.63) is 83.4 Å². The molecule has 0 fully saturated rings. The van der Waals surface area contributed by atoms with Crippen LogP contribution in [0.2, 0.25) is 5.02 Å². The Balaban J connectivity index is 1.49. The second-order valence-electron chi connectivity index (χ2n) is 6.95.